The minimum Gasteiger partial charge on any atom is -0.489 e. The van der Waals surface area contributed by atoms with Crippen LogP contribution < -0.4 is 15.0 Å². The van der Waals surface area contributed by atoms with E-state index in [9.17, 15) is 14.7 Å². The molecule has 162 valence electrons. The number of hydrogen-bond acceptors (Lipinski definition) is 4. The van der Waals surface area contributed by atoms with Gasteiger partial charge in [0.15, 0.2) is 6.04 Å². The lowest BCUT2D eigenvalue weighted by Crippen LogP contribution is -2.82. The highest BCUT2D eigenvalue weighted by molar-refractivity contribution is 6.01. The van der Waals surface area contributed by atoms with Crippen molar-refractivity contribution in [3.05, 3.63) is 29.3 Å². The van der Waals surface area contributed by atoms with E-state index in [2.05, 4.69) is 24.2 Å². The molecular formula is C23H32N3O4+. The van der Waals surface area contributed by atoms with Crippen molar-refractivity contribution < 1.29 is 24.4 Å². The first kappa shape index (κ1) is 20.8. The fraction of sp³-hybridized carbons (Fsp3) is 0.609. The monoisotopic (exact) mass is 414 g/mol. The average Bonchev–Trinajstić information content (AvgIpc) is 3.03. The Bertz CT molecular complexity index is 851. The predicted molar refractivity (Wildman–Crippen MR) is 112 cm³/mol. The molecule has 1 fully saturated rings. The van der Waals surface area contributed by atoms with Gasteiger partial charge in [0, 0.05) is 18.2 Å². The predicted octanol–water partition coefficient (Wildman–Crippen LogP) is 1.30. The van der Waals surface area contributed by atoms with Gasteiger partial charge in [-0.1, -0.05) is 20.3 Å². The third kappa shape index (κ3) is 4.36. The topological polar surface area (TPSA) is 92.8 Å². The van der Waals surface area contributed by atoms with Crippen LogP contribution in [0.1, 0.15) is 68.3 Å². The van der Waals surface area contributed by atoms with Crippen LogP contribution in [-0.4, -0.2) is 52.5 Å². The number of amides is 2. The van der Waals surface area contributed by atoms with Crippen LogP contribution in [0, 0.1) is 5.92 Å². The van der Waals surface area contributed by atoms with Gasteiger partial charge in [-0.25, -0.2) is 4.79 Å². The van der Waals surface area contributed by atoms with Crippen molar-refractivity contribution in [3.8, 4) is 5.75 Å². The smallest absolute Gasteiger partial charge is 0.388 e. The summed E-state index contributed by atoms with van der Waals surface area (Å²) < 4.78 is 6.37. The van der Waals surface area contributed by atoms with Gasteiger partial charge >= 0.3 is 11.8 Å². The van der Waals surface area contributed by atoms with Crippen LogP contribution in [0.25, 0.3) is 0 Å². The average molecular weight is 415 g/mol. The van der Waals surface area contributed by atoms with Gasteiger partial charge in [-0.3, -0.25) is 4.79 Å². The molecule has 1 aliphatic carbocycles. The molecule has 4 rings (SSSR count). The molecule has 0 aromatic heterocycles. The molecule has 0 saturated heterocycles. The van der Waals surface area contributed by atoms with Gasteiger partial charge < -0.3 is 20.1 Å². The number of benzene rings is 1. The fourth-order valence-electron chi connectivity index (χ4n) is 4.67. The maximum absolute atomic E-state index is 12.9. The molecule has 0 spiro atoms. The molecule has 3 aliphatic rings. The molecule has 30 heavy (non-hydrogen) atoms. The summed E-state index contributed by atoms with van der Waals surface area (Å²) >= 11 is 0. The summed E-state index contributed by atoms with van der Waals surface area (Å²) in [7, 11) is 0. The van der Waals surface area contributed by atoms with Crippen LogP contribution >= 0.6 is 0 Å². The second-order valence-corrected chi connectivity index (χ2v) is 9.09. The molecule has 1 aromatic rings. The van der Waals surface area contributed by atoms with E-state index in [0.29, 0.717) is 36.9 Å². The van der Waals surface area contributed by atoms with Crippen LogP contribution in [-0.2, 0) is 11.3 Å². The largest absolute Gasteiger partial charge is 0.489 e. The molecule has 0 bridgehead atoms. The number of ether oxygens (including phenoxy) is 1. The zero-order chi connectivity index (χ0) is 21.3. The number of nitrogens with zero attached hydrogens (tertiary/aromatic N) is 1. The lowest BCUT2D eigenvalue weighted by Gasteiger charge is -2.33. The Labute approximate surface area is 177 Å². The molecule has 3 N–H and O–H groups in total. The molecule has 1 aromatic carbocycles. The number of carbonyl (C=O) groups is 2. The molecule has 7 nitrogen and oxygen atoms in total. The number of aliphatic hydroxyl groups is 1. The molecule has 2 amide bonds. The Morgan fingerprint density at radius 1 is 1.23 bits per heavy atom. The van der Waals surface area contributed by atoms with Crippen molar-refractivity contribution in [1.82, 2.24) is 10.2 Å². The quantitative estimate of drug-likeness (QED) is 0.653. The maximum atomic E-state index is 12.9. The van der Waals surface area contributed by atoms with Gasteiger partial charge in [0.05, 0.1) is 6.42 Å². The summed E-state index contributed by atoms with van der Waals surface area (Å²) in [6, 6.07) is 5.53. The van der Waals surface area contributed by atoms with Crippen LogP contribution in [0.3, 0.4) is 0 Å². The summed E-state index contributed by atoms with van der Waals surface area (Å²) in [5, 5.41) is 13.8. The molecular weight excluding hydrogens is 382 g/mol. The Kier molecular flexibility index (Phi) is 6.09. The van der Waals surface area contributed by atoms with Crippen LogP contribution in [0.15, 0.2) is 18.2 Å². The number of rotatable bonds is 6. The number of nitrogens with one attached hydrogen (secondary N) is 2. The fourth-order valence-corrected chi connectivity index (χ4v) is 4.67. The molecule has 3 atom stereocenters. The maximum Gasteiger partial charge on any atom is 0.388 e. The van der Waals surface area contributed by atoms with Crippen molar-refractivity contribution in [1.29, 1.82) is 0 Å². The summed E-state index contributed by atoms with van der Waals surface area (Å²) in [6.07, 6.45) is 5.42. The number of fused-ring (bicyclic) bond motifs is 1. The summed E-state index contributed by atoms with van der Waals surface area (Å²) in [4.78, 5) is 28.4. The third-order valence-corrected chi connectivity index (χ3v) is 6.29. The standard InChI is InChI=1S/C23H31N3O4/c1-14(2)12-24-18-5-3-4-6-20(18)30-16-7-8-17-15(11-16)13-26(23(17)29)19-9-10-21(27)25-22(19)28/h7-8,11,14,18-20,24H,3-6,9-10,12-13H2,1-2H3,(H,25,27,28)/p+1/t18-,19?,20-/m0/s1. The minimum absolute atomic E-state index is 0.113. The van der Waals surface area contributed by atoms with Gasteiger partial charge in [0.1, 0.15) is 11.9 Å². The van der Waals surface area contributed by atoms with E-state index in [0.717, 1.165) is 30.7 Å². The summed E-state index contributed by atoms with van der Waals surface area (Å²) in [6.45, 7) is 5.82. The minimum atomic E-state index is -0.477. The van der Waals surface area contributed by atoms with Gasteiger partial charge in [-0.05, 0) is 61.9 Å². The first-order valence-corrected chi connectivity index (χ1v) is 11.1. The third-order valence-electron chi connectivity index (χ3n) is 6.29. The van der Waals surface area contributed by atoms with E-state index in [1.807, 2.05) is 18.2 Å². The number of hydrogen-bond donors (Lipinski definition) is 3. The normalized spacial score (nSPS) is 26.7. The van der Waals surface area contributed by atoms with Gasteiger partial charge in [0.25, 0.3) is 5.91 Å². The highest BCUT2D eigenvalue weighted by Gasteiger charge is 2.41. The lowest BCUT2D eigenvalue weighted by atomic mass is 9.92. The second-order valence-electron chi connectivity index (χ2n) is 9.09. The van der Waals surface area contributed by atoms with E-state index in [-0.39, 0.29) is 23.8 Å². The summed E-state index contributed by atoms with van der Waals surface area (Å²) in [5.74, 6) is 0.930. The Morgan fingerprint density at radius 3 is 2.80 bits per heavy atom. The van der Waals surface area contributed by atoms with E-state index in [1.165, 1.54) is 12.8 Å². The number of carbonyl (C=O) groups excluding carboxylic acids is 2. The molecule has 0 radical (unpaired) electrons. The SMILES string of the molecule is CC(C)CN[C@H]1CCCC[C@@H]1Oc1ccc2c(c1)CN(C1CCC(=O)[NH+]=C1O)C2=O. The highest BCUT2D eigenvalue weighted by atomic mass is 16.5. The first-order valence-electron chi connectivity index (χ1n) is 11.1. The Balaban J connectivity index is 1.46. The molecule has 1 unspecified atom stereocenters. The first-order chi connectivity index (χ1) is 14.4. The highest BCUT2D eigenvalue weighted by Crippen LogP contribution is 2.31. The van der Waals surface area contributed by atoms with Crippen molar-refractivity contribution in [3.63, 3.8) is 0 Å². The van der Waals surface area contributed by atoms with E-state index >= 15 is 0 Å². The van der Waals surface area contributed by atoms with E-state index < -0.39 is 6.04 Å². The number of aliphatic hydroxyl groups excluding tert-OH is 1. The Hall–Kier alpha value is -2.41. The van der Waals surface area contributed by atoms with E-state index in [1.54, 1.807) is 4.90 Å². The van der Waals surface area contributed by atoms with Gasteiger partial charge in [-0.15, -0.1) is 4.99 Å². The molecule has 7 heteroatoms. The lowest BCUT2D eigenvalue weighted by molar-refractivity contribution is -0.394. The van der Waals surface area contributed by atoms with Gasteiger partial charge in [-0.2, -0.15) is 0 Å². The van der Waals surface area contributed by atoms with Crippen molar-refractivity contribution in [2.45, 2.75) is 77.1 Å². The molecule has 1 saturated carbocycles. The van der Waals surface area contributed by atoms with Crippen LogP contribution in [0.2, 0.25) is 0 Å². The Morgan fingerprint density at radius 2 is 2.03 bits per heavy atom. The second kappa shape index (κ2) is 8.76. The van der Waals surface area contributed by atoms with Crippen molar-refractivity contribution in [2.75, 3.05) is 6.54 Å². The van der Waals surface area contributed by atoms with Crippen molar-refractivity contribution in [2.24, 2.45) is 5.92 Å². The van der Waals surface area contributed by atoms with Crippen molar-refractivity contribution >= 4 is 17.7 Å². The van der Waals surface area contributed by atoms with Crippen LogP contribution in [0.4, 0.5) is 0 Å². The molecule has 2 heterocycles. The molecule has 2 aliphatic heterocycles. The summed E-state index contributed by atoms with van der Waals surface area (Å²) in [5.41, 5.74) is 1.55. The van der Waals surface area contributed by atoms with Gasteiger partial charge in [0.2, 0.25) is 0 Å². The zero-order valence-electron chi connectivity index (χ0n) is 17.8. The zero-order valence-corrected chi connectivity index (χ0v) is 17.8. The van der Waals surface area contributed by atoms with Crippen LogP contribution in [0.5, 0.6) is 5.75 Å². The van der Waals surface area contributed by atoms with E-state index in [4.69, 9.17) is 4.74 Å².